The molecule has 0 N–H and O–H groups in total. The molecule has 0 aliphatic heterocycles. The predicted octanol–water partition coefficient (Wildman–Crippen LogP) is 4.72. The van der Waals surface area contributed by atoms with Gasteiger partial charge in [-0.3, -0.25) is 4.79 Å². The second-order valence-electron chi connectivity index (χ2n) is 7.04. The summed E-state index contributed by atoms with van der Waals surface area (Å²) in [6.07, 6.45) is 1.27. The number of imide groups is 1. The summed E-state index contributed by atoms with van der Waals surface area (Å²) >= 11 is 1.49. The molecule has 1 aromatic rings. The first-order valence-corrected chi connectivity index (χ1v) is 8.40. The first-order chi connectivity index (χ1) is 9.97. The highest BCUT2D eigenvalue weighted by Gasteiger charge is 2.36. The van der Waals surface area contributed by atoms with Gasteiger partial charge in [0.1, 0.15) is 5.60 Å². The van der Waals surface area contributed by atoms with E-state index in [2.05, 4.69) is 0 Å². The minimum absolute atomic E-state index is 0.289. The average molecular weight is 323 g/mol. The molecule has 1 rings (SSSR count). The second kappa shape index (κ2) is 6.73. The summed E-state index contributed by atoms with van der Waals surface area (Å²) in [5.41, 5.74) is -0.798. The van der Waals surface area contributed by atoms with Gasteiger partial charge in [-0.2, -0.15) is 0 Å². The standard InChI is InChI=1S/C17H25NO3S/c1-16(2,3)14(19)18(15(20)21-17(4,5)6)12-10-8-9-11-13(12)22-7/h8-11H,1-7H3. The van der Waals surface area contributed by atoms with Crippen molar-refractivity contribution >= 4 is 29.4 Å². The van der Waals surface area contributed by atoms with Crippen molar-refractivity contribution in [3.63, 3.8) is 0 Å². The van der Waals surface area contributed by atoms with Crippen molar-refractivity contribution in [2.45, 2.75) is 52.0 Å². The Labute approximate surface area is 137 Å². The lowest BCUT2D eigenvalue weighted by Crippen LogP contribution is -2.46. The van der Waals surface area contributed by atoms with E-state index in [9.17, 15) is 9.59 Å². The molecule has 0 unspecified atom stereocenters. The fourth-order valence-corrected chi connectivity index (χ4v) is 2.33. The van der Waals surface area contributed by atoms with Gasteiger partial charge < -0.3 is 4.74 Å². The van der Waals surface area contributed by atoms with Gasteiger partial charge in [0.15, 0.2) is 0 Å². The third kappa shape index (κ3) is 4.77. The number of anilines is 1. The molecular weight excluding hydrogens is 298 g/mol. The summed E-state index contributed by atoms with van der Waals surface area (Å²) < 4.78 is 5.43. The summed E-state index contributed by atoms with van der Waals surface area (Å²) in [6, 6.07) is 7.33. The second-order valence-corrected chi connectivity index (χ2v) is 7.89. The van der Waals surface area contributed by atoms with Crippen molar-refractivity contribution < 1.29 is 14.3 Å². The van der Waals surface area contributed by atoms with Crippen LogP contribution < -0.4 is 4.90 Å². The van der Waals surface area contributed by atoms with Gasteiger partial charge in [0.2, 0.25) is 5.91 Å². The number of carbonyl (C=O) groups excluding carboxylic acids is 2. The van der Waals surface area contributed by atoms with E-state index >= 15 is 0 Å². The third-order valence-corrected chi connectivity index (χ3v) is 3.53. The highest BCUT2D eigenvalue weighted by atomic mass is 32.2. The van der Waals surface area contributed by atoms with E-state index in [-0.39, 0.29) is 5.91 Å². The Hall–Kier alpha value is -1.49. The molecule has 22 heavy (non-hydrogen) atoms. The predicted molar refractivity (Wildman–Crippen MR) is 91.4 cm³/mol. The summed E-state index contributed by atoms with van der Waals surface area (Å²) in [7, 11) is 0. The molecule has 0 atom stereocenters. The first-order valence-electron chi connectivity index (χ1n) is 7.18. The topological polar surface area (TPSA) is 46.6 Å². The van der Waals surface area contributed by atoms with E-state index in [1.807, 2.05) is 24.5 Å². The van der Waals surface area contributed by atoms with Crippen LogP contribution in [0.1, 0.15) is 41.5 Å². The molecule has 0 saturated carbocycles. The third-order valence-electron chi connectivity index (χ3n) is 2.75. The number of benzene rings is 1. The number of ether oxygens (including phenoxy) is 1. The molecule has 0 fully saturated rings. The zero-order valence-electron chi connectivity index (χ0n) is 14.4. The summed E-state index contributed by atoms with van der Waals surface area (Å²) in [6.45, 7) is 10.7. The first kappa shape index (κ1) is 18.6. The Bertz CT molecular complexity index is 556. The number of amides is 2. The van der Waals surface area contributed by atoms with Gasteiger partial charge in [0.25, 0.3) is 0 Å². The molecule has 0 radical (unpaired) electrons. The smallest absolute Gasteiger partial charge is 0.421 e. The molecular formula is C17H25NO3S. The summed E-state index contributed by atoms with van der Waals surface area (Å²) in [5, 5.41) is 0. The fraction of sp³-hybridized carbons (Fsp3) is 0.529. The Morgan fingerprint density at radius 2 is 1.59 bits per heavy atom. The normalized spacial score (nSPS) is 12.0. The maximum Gasteiger partial charge on any atom is 0.421 e. The van der Waals surface area contributed by atoms with E-state index in [4.69, 9.17) is 4.74 Å². The molecule has 0 heterocycles. The van der Waals surface area contributed by atoms with Crippen LogP contribution in [-0.2, 0) is 9.53 Å². The SMILES string of the molecule is CSc1ccccc1N(C(=O)OC(C)(C)C)C(=O)C(C)(C)C. The van der Waals surface area contributed by atoms with Crippen LogP contribution in [0.25, 0.3) is 0 Å². The van der Waals surface area contributed by atoms with Crippen LogP contribution in [0.15, 0.2) is 29.2 Å². The Kier molecular flexibility index (Phi) is 5.68. The van der Waals surface area contributed by atoms with E-state index in [1.165, 1.54) is 11.8 Å². The zero-order valence-corrected chi connectivity index (χ0v) is 15.2. The van der Waals surface area contributed by atoms with Crippen molar-refractivity contribution in [2.24, 2.45) is 5.41 Å². The maximum absolute atomic E-state index is 12.8. The van der Waals surface area contributed by atoms with Crippen molar-refractivity contribution in [3.05, 3.63) is 24.3 Å². The van der Waals surface area contributed by atoms with Gasteiger partial charge >= 0.3 is 6.09 Å². The van der Waals surface area contributed by atoms with Crippen LogP contribution in [-0.4, -0.2) is 23.9 Å². The van der Waals surface area contributed by atoms with Crippen molar-refractivity contribution in [2.75, 3.05) is 11.2 Å². The molecule has 1 aromatic carbocycles. The quantitative estimate of drug-likeness (QED) is 0.739. The number of hydrogen-bond donors (Lipinski definition) is 0. The number of rotatable bonds is 2. The number of thioether (sulfide) groups is 1. The monoisotopic (exact) mass is 323 g/mol. The molecule has 5 heteroatoms. The molecule has 0 aromatic heterocycles. The molecule has 0 bridgehead atoms. The number of carbonyl (C=O) groups is 2. The number of nitrogens with zero attached hydrogens (tertiary/aromatic N) is 1. The van der Waals surface area contributed by atoms with Gasteiger partial charge in [-0.15, -0.1) is 11.8 Å². The minimum atomic E-state index is -0.692. The van der Waals surface area contributed by atoms with Crippen LogP contribution in [0, 0.1) is 5.41 Å². The van der Waals surface area contributed by atoms with Crippen LogP contribution in [0.2, 0.25) is 0 Å². The molecule has 0 saturated heterocycles. The summed E-state index contributed by atoms with van der Waals surface area (Å²) in [4.78, 5) is 27.4. The van der Waals surface area contributed by atoms with Crippen molar-refractivity contribution in [1.82, 2.24) is 0 Å². The van der Waals surface area contributed by atoms with Crippen LogP contribution in [0.3, 0.4) is 0 Å². The molecule has 2 amide bonds. The van der Waals surface area contributed by atoms with Crippen LogP contribution >= 0.6 is 11.8 Å². The largest absolute Gasteiger partial charge is 0.443 e. The molecule has 122 valence electrons. The summed E-state index contributed by atoms with van der Waals surface area (Å²) in [5.74, 6) is -0.289. The van der Waals surface area contributed by atoms with Crippen molar-refractivity contribution in [1.29, 1.82) is 0 Å². The highest BCUT2D eigenvalue weighted by Crippen LogP contribution is 2.32. The zero-order chi connectivity index (χ0) is 17.1. The lowest BCUT2D eigenvalue weighted by Gasteiger charge is -2.31. The van der Waals surface area contributed by atoms with Gasteiger partial charge in [-0.25, -0.2) is 9.69 Å². The number of para-hydroxylation sites is 1. The Morgan fingerprint density at radius 3 is 2.05 bits per heavy atom. The van der Waals surface area contributed by atoms with Crippen molar-refractivity contribution in [3.8, 4) is 0 Å². The van der Waals surface area contributed by atoms with E-state index in [0.29, 0.717) is 5.69 Å². The lowest BCUT2D eigenvalue weighted by molar-refractivity contribution is -0.125. The maximum atomic E-state index is 12.8. The van der Waals surface area contributed by atoms with Gasteiger partial charge in [-0.1, -0.05) is 32.9 Å². The average Bonchev–Trinajstić information content (AvgIpc) is 2.36. The number of hydrogen-bond acceptors (Lipinski definition) is 4. The molecule has 4 nitrogen and oxygen atoms in total. The highest BCUT2D eigenvalue weighted by molar-refractivity contribution is 7.98. The van der Waals surface area contributed by atoms with E-state index in [0.717, 1.165) is 9.80 Å². The molecule has 0 spiro atoms. The van der Waals surface area contributed by atoms with Gasteiger partial charge in [0.05, 0.1) is 5.69 Å². The van der Waals surface area contributed by atoms with Crippen LogP contribution in [0.4, 0.5) is 10.5 Å². The lowest BCUT2D eigenvalue weighted by atomic mass is 9.94. The van der Waals surface area contributed by atoms with Gasteiger partial charge in [0, 0.05) is 10.3 Å². The Balaban J connectivity index is 3.34. The molecule has 0 aliphatic carbocycles. The minimum Gasteiger partial charge on any atom is -0.443 e. The fourth-order valence-electron chi connectivity index (χ4n) is 1.75. The van der Waals surface area contributed by atoms with Crippen LogP contribution in [0.5, 0.6) is 0 Å². The van der Waals surface area contributed by atoms with E-state index < -0.39 is 17.1 Å². The molecule has 0 aliphatic rings. The van der Waals surface area contributed by atoms with Gasteiger partial charge in [-0.05, 0) is 39.2 Å². The van der Waals surface area contributed by atoms with E-state index in [1.54, 1.807) is 47.6 Å². The Morgan fingerprint density at radius 1 is 1.05 bits per heavy atom.